The summed E-state index contributed by atoms with van der Waals surface area (Å²) in [5.41, 5.74) is 4.53. The quantitative estimate of drug-likeness (QED) is 0.622. The van der Waals surface area contributed by atoms with Gasteiger partial charge in [-0.1, -0.05) is 49.7 Å². The van der Waals surface area contributed by atoms with Crippen LogP contribution in [0, 0.1) is 5.41 Å². The zero-order valence-corrected chi connectivity index (χ0v) is 20.6. The molecule has 6 heteroatoms. The fourth-order valence-corrected chi connectivity index (χ4v) is 4.87. The predicted molar refractivity (Wildman–Crippen MR) is 133 cm³/mol. The maximum absolute atomic E-state index is 6.15. The fraction of sp³-hybridized carbons (Fsp3) is 0.571. The molecule has 0 aromatic heterocycles. The molecule has 0 saturated carbocycles. The number of hydrogen-bond acceptors (Lipinski definition) is 6. The highest BCUT2D eigenvalue weighted by Crippen LogP contribution is 2.38. The van der Waals surface area contributed by atoms with Crippen LogP contribution in [0.25, 0.3) is 0 Å². The summed E-state index contributed by atoms with van der Waals surface area (Å²) < 4.78 is 24.5. The number of hydrogen-bond donors (Lipinski definition) is 0. The summed E-state index contributed by atoms with van der Waals surface area (Å²) in [4.78, 5) is 4.81. The molecule has 0 atom stereocenters. The van der Waals surface area contributed by atoms with Gasteiger partial charge >= 0.3 is 0 Å². The van der Waals surface area contributed by atoms with Crippen LogP contribution < -0.4 is 4.90 Å². The van der Waals surface area contributed by atoms with E-state index < -0.39 is 0 Å². The van der Waals surface area contributed by atoms with Gasteiger partial charge in [-0.2, -0.15) is 0 Å². The lowest BCUT2D eigenvalue weighted by molar-refractivity contribution is -0.307. The highest BCUT2D eigenvalue weighted by Gasteiger charge is 2.42. The van der Waals surface area contributed by atoms with Crippen LogP contribution in [-0.2, 0) is 25.4 Å². The molecule has 6 nitrogen and oxygen atoms in total. The number of rotatable bonds is 6. The second-order valence-corrected chi connectivity index (χ2v) is 10.1. The Bertz CT molecular complexity index is 891. The molecule has 0 unspecified atom stereocenters. The summed E-state index contributed by atoms with van der Waals surface area (Å²) in [7, 11) is 2.18. The molecule has 3 saturated heterocycles. The SMILES string of the molecule is CCCCc1ccc(C2OCC3(CO2)COC(c2ccc(N4CCN(C)CC4)cc2)OC3)cc1. The second-order valence-electron chi connectivity index (χ2n) is 10.1. The van der Waals surface area contributed by atoms with Gasteiger partial charge in [0.15, 0.2) is 12.6 Å². The van der Waals surface area contributed by atoms with Crippen LogP contribution in [-0.4, -0.2) is 64.6 Å². The van der Waals surface area contributed by atoms with Crippen LogP contribution >= 0.6 is 0 Å². The van der Waals surface area contributed by atoms with E-state index in [-0.39, 0.29) is 18.0 Å². The van der Waals surface area contributed by atoms with Gasteiger partial charge < -0.3 is 28.7 Å². The molecule has 3 heterocycles. The monoisotopic (exact) mass is 466 g/mol. The van der Waals surface area contributed by atoms with Crippen molar-refractivity contribution in [1.82, 2.24) is 4.90 Å². The van der Waals surface area contributed by atoms with E-state index in [1.165, 1.54) is 24.1 Å². The molecular formula is C28H38N2O4. The van der Waals surface area contributed by atoms with Gasteiger partial charge in [0.25, 0.3) is 0 Å². The first kappa shape index (κ1) is 23.8. The highest BCUT2D eigenvalue weighted by atomic mass is 16.7. The molecule has 0 amide bonds. The number of unbranched alkanes of at least 4 members (excludes halogenated alkanes) is 1. The van der Waals surface area contributed by atoms with Gasteiger partial charge in [0.1, 0.15) is 0 Å². The lowest BCUT2D eigenvalue weighted by atomic mass is 9.90. The normalized spacial score (nSPS) is 28.4. The number of nitrogens with zero attached hydrogens (tertiary/aromatic N) is 2. The molecule has 0 radical (unpaired) electrons. The molecule has 3 aliphatic rings. The van der Waals surface area contributed by atoms with Crippen molar-refractivity contribution in [1.29, 1.82) is 0 Å². The van der Waals surface area contributed by atoms with Gasteiger partial charge in [-0.3, -0.25) is 0 Å². The third-order valence-corrected chi connectivity index (χ3v) is 7.27. The van der Waals surface area contributed by atoms with Gasteiger partial charge in [0.05, 0.1) is 31.8 Å². The summed E-state index contributed by atoms with van der Waals surface area (Å²) >= 11 is 0. The second kappa shape index (κ2) is 10.8. The van der Waals surface area contributed by atoms with E-state index in [0.717, 1.165) is 43.7 Å². The van der Waals surface area contributed by atoms with E-state index >= 15 is 0 Å². The lowest BCUT2D eigenvalue weighted by Crippen LogP contribution is -2.49. The van der Waals surface area contributed by atoms with Crippen LogP contribution in [0.4, 0.5) is 5.69 Å². The maximum Gasteiger partial charge on any atom is 0.183 e. The Kier molecular flexibility index (Phi) is 7.52. The Morgan fingerprint density at radius 2 is 1.24 bits per heavy atom. The van der Waals surface area contributed by atoms with Gasteiger partial charge in [-0.25, -0.2) is 0 Å². The highest BCUT2D eigenvalue weighted by molar-refractivity contribution is 5.48. The van der Waals surface area contributed by atoms with Crippen molar-refractivity contribution in [2.45, 2.75) is 38.8 Å². The Morgan fingerprint density at radius 1 is 0.735 bits per heavy atom. The van der Waals surface area contributed by atoms with E-state index in [1.807, 2.05) is 0 Å². The van der Waals surface area contributed by atoms with Crippen LogP contribution in [0.1, 0.15) is 49.0 Å². The smallest absolute Gasteiger partial charge is 0.183 e. The molecule has 3 fully saturated rings. The topological polar surface area (TPSA) is 43.4 Å². The van der Waals surface area contributed by atoms with Crippen molar-refractivity contribution in [3.63, 3.8) is 0 Å². The van der Waals surface area contributed by atoms with E-state index in [1.54, 1.807) is 0 Å². The Labute approximate surface area is 203 Å². The molecule has 184 valence electrons. The third kappa shape index (κ3) is 5.47. The van der Waals surface area contributed by atoms with Crippen molar-refractivity contribution in [2.24, 2.45) is 5.41 Å². The molecular weight excluding hydrogens is 428 g/mol. The van der Waals surface area contributed by atoms with Crippen molar-refractivity contribution in [3.8, 4) is 0 Å². The number of likely N-dealkylation sites (N-methyl/N-ethyl adjacent to an activating group) is 1. The summed E-state index contributed by atoms with van der Waals surface area (Å²) in [5, 5.41) is 0. The van der Waals surface area contributed by atoms with Crippen molar-refractivity contribution in [3.05, 3.63) is 65.2 Å². The Balaban J connectivity index is 1.11. The Morgan fingerprint density at radius 3 is 1.74 bits per heavy atom. The summed E-state index contributed by atoms with van der Waals surface area (Å²) in [5.74, 6) is 0. The molecule has 0 bridgehead atoms. The minimum atomic E-state index is -0.333. The predicted octanol–water partition coefficient (Wildman–Crippen LogP) is 4.56. The minimum Gasteiger partial charge on any atom is -0.369 e. The zero-order chi connectivity index (χ0) is 23.4. The van der Waals surface area contributed by atoms with E-state index in [9.17, 15) is 0 Å². The standard InChI is InChI=1S/C28H38N2O4/c1-3-4-5-22-6-8-23(9-7-22)26-31-18-28(19-32-26)20-33-27(34-21-28)24-10-12-25(13-11-24)30-16-14-29(2)15-17-30/h6-13,26-27H,3-5,14-21H2,1-2H3. The van der Waals surface area contributed by atoms with Gasteiger partial charge in [0, 0.05) is 43.0 Å². The summed E-state index contributed by atoms with van der Waals surface area (Å²) in [6, 6.07) is 17.3. The average molecular weight is 467 g/mol. The number of aryl methyl sites for hydroxylation is 1. The fourth-order valence-electron chi connectivity index (χ4n) is 4.87. The first-order valence-electron chi connectivity index (χ1n) is 12.7. The molecule has 0 N–H and O–H groups in total. The number of ether oxygens (including phenoxy) is 4. The van der Waals surface area contributed by atoms with Crippen LogP contribution in [0.3, 0.4) is 0 Å². The van der Waals surface area contributed by atoms with E-state index in [2.05, 4.69) is 72.3 Å². The number of piperazine rings is 1. The average Bonchev–Trinajstić information content (AvgIpc) is 2.89. The third-order valence-electron chi connectivity index (χ3n) is 7.27. The van der Waals surface area contributed by atoms with Crippen molar-refractivity contribution in [2.75, 3.05) is 64.6 Å². The van der Waals surface area contributed by atoms with Crippen LogP contribution in [0.2, 0.25) is 0 Å². The summed E-state index contributed by atoms with van der Waals surface area (Å²) in [6.45, 7) is 8.86. The molecule has 3 aliphatic heterocycles. The molecule has 2 aromatic rings. The minimum absolute atomic E-state index is 0.242. The molecule has 0 aliphatic carbocycles. The van der Waals surface area contributed by atoms with Crippen LogP contribution in [0.15, 0.2) is 48.5 Å². The van der Waals surface area contributed by atoms with Crippen LogP contribution in [0.5, 0.6) is 0 Å². The van der Waals surface area contributed by atoms with E-state index in [0.29, 0.717) is 26.4 Å². The summed E-state index contributed by atoms with van der Waals surface area (Å²) in [6.07, 6.45) is 2.91. The molecule has 34 heavy (non-hydrogen) atoms. The lowest BCUT2D eigenvalue weighted by Gasteiger charge is -2.43. The first-order chi connectivity index (χ1) is 16.6. The molecule has 5 rings (SSSR count). The first-order valence-corrected chi connectivity index (χ1v) is 12.7. The molecule has 1 spiro atoms. The molecule has 2 aromatic carbocycles. The van der Waals surface area contributed by atoms with Crippen molar-refractivity contribution < 1.29 is 18.9 Å². The van der Waals surface area contributed by atoms with Crippen molar-refractivity contribution >= 4 is 5.69 Å². The Hall–Kier alpha value is -1.96. The zero-order valence-electron chi connectivity index (χ0n) is 20.6. The largest absolute Gasteiger partial charge is 0.369 e. The van der Waals surface area contributed by atoms with Gasteiger partial charge in [-0.05, 0) is 37.6 Å². The van der Waals surface area contributed by atoms with E-state index in [4.69, 9.17) is 18.9 Å². The number of benzene rings is 2. The van der Waals surface area contributed by atoms with Gasteiger partial charge in [-0.15, -0.1) is 0 Å². The number of anilines is 1. The maximum atomic E-state index is 6.15. The van der Waals surface area contributed by atoms with Gasteiger partial charge in [0.2, 0.25) is 0 Å².